The Morgan fingerprint density at radius 1 is 1.19 bits per heavy atom. The summed E-state index contributed by atoms with van der Waals surface area (Å²) in [4.78, 5) is 9.40. The number of methoxy groups -OCH3 is 2. The Hall–Kier alpha value is -2.11. The highest BCUT2D eigenvalue weighted by molar-refractivity contribution is 5.40. The van der Waals surface area contributed by atoms with Crippen LogP contribution in [0.1, 0.15) is 30.9 Å². The van der Waals surface area contributed by atoms with Gasteiger partial charge in [0.2, 0.25) is 0 Å². The number of ether oxygens (including phenoxy) is 2. The first-order valence-electron chi connectivity index (χ1n) is 9.79. The lowest BCUT2D eigenvalue weighted by atomic mass is 10.1. The first-order chi connectivity index (χ1) is 13.2. The minimum Gasteiger partial charge on any atom is -0.497 e. The molecule has 1 aliphatic rings. The van der Waals surface area contributed by atoms with Crippen LogP contribution in [0.2, 0.25) is 0 Å². The van der Waals surface area contributed by atoms with Gasteiger partial charge in [-0.25, -0.2) is 0 Å². The average molecular weight is 370 g/mol. The Kier molecular flexibility index (Phi) is 7.07. The molecule has 27 heavy (non-hydrogen) atoms. The zero-order chi connectivity index (χ0) is 19.1. The summed E-state index contributed by atoms with van der Waals surface area (Å²) in [5, 5.41) is 0. The fourth-order valence-corrected chi connectivity index (χ4v) is 3.97. The second-order valence-corrected chi connectivity index (χ2v) is 7.13. The molecular weight excluding hydrogens is 338 g/mol. The summed E-state index contributed by atoms with van der Waals surface area (Å²) in [5.41, 5.74) is 2.43. The third kappa shape index (κ3) is 5.21. The van der Waals surface area contributed by atoms with E-state index >= 15 is 0 Å². The normalized spacial score (nSPS) is 17.4. The van der Waals surface area contributed by atoms with Gasteiger partial charge in [-0.3, -0.25) is 14.8 Å². The lowest BCUT2D eigenvalue weighted by Gasteiger charge is -2.30. The van der Waals surface area contributed by atoms with Crippen molar-refractivity contribution in [2.24, 2.45) is 0 Å². The van der Waals surface area contributed by atoms with E-state index in [0.717, 1.165) is 37.7 Å². The van der Waals surface area contributed by atoms with E-state index in [9.17, 15) is 0 Å². The molecule has 1 aromatic heterocycles. The first kappa shape index (κ1) is 19.6. The number of hydrogen-bond donors (Lipinski definition) is 0. The zero-order valence-electron chi connectivity index (χ0n) is 16.7. The molecule has 2 heterocycles. The molecule has 5 nitrogen and oxygen atoms in total. The molecule has 1 fully saturated rings. The quantitative estimate of drug-likeness (QED) is 0.675. The second kappa shape index (κ2) is 9.72. The summed E-state index contributed by atoms with van der Waals surface area (Å²) in [6.07, 6.45) is 6.36. The van der Waals surface area contributed by atoms with Crippen LogP contribution in [-0.4, -0.2) is 54.7 Å². The largest absolute Gasteiger partial charge is 0.497 e. The lowest BCUT2D eigenvalue weighted by molar-refractivity contribution is 0.164. The van der Waals surface area contributed by atoms with E-state index in [0.29, 0.717) is 6.04 Å². The van der Waals surface area contributed by atoms with Crippen molar-refractivity contribution in [1.82, 2.24) is 14.8 Å². The third-order valence-corrected chi connectivity index (χ3v) is 5.39. The number of likely N-dealkylation sites (N-methyl/N-ethyl adjacent to an activating group) is 1. The lowest BCUT2D eigenvalue weighted by Crippen LogP contribution is -2.39. The Balaban J connectivity index is 1.78. The smallest absolute Gasteiger partial charge is 0.127 e. The standard InChI is InChI=1S/C22H31N3O2/c1-4-25-12-6-8-20(25)17-24(15-18-7-5-11-23-14-18)16-19-9-10-21(26-2)13-22(19)27-3/h5,7,9-11,13-14,20H,4,6,8,12,15-17H2,1-3H3. The molecule has 0 aliphatic carbocycles. The summed E-state index contributed by atoms with van der Waals surface area (Å²) >= 11 is 0. The molecule has 0 spiro atoms. The molecule has 0 saturated carbocycles. The molecule has 0 N–H and O–H groups in total. The number of aromatic nitrogens is 1. The summed E-state index contributed by atoms with van der Waals surface area (Å²) in [5.74, 6) is 1.70. The van der Waals surface area contributed by atoms with Gasteiger partial charge in [0.05, 0.1) is 14.2 Å². The molecule has 0 bridgehead atoms. The van der Waals surface area contributed by atoms with Crippen LogP contribution in [0.5, 0.6) is 11.5 Å². The highest BCUT2D eigenvalue weighted by Gasteiger charge is 2.25. The van der Waals surface area contributed by atoms with Crippen LogP contribution in [0.25, 0.3) is 0 Å². The highest BCUT2D eigenvalue weighted by atomic mass is 16.5. The van der Waals surface area contributed by atoms with E-state index in [4.69, 9.17) is 9.47 Å². The van der Waals surface area contributed by atoms with Crippen LogP contribution >= 0.6 is 0 Å². The van der Waals surface area contributed by atoms with Crippen molar-refractivity contribution in [2.45, 2.75) is 38.9 Å². The van der Waals surface area contributed by atoms with Gasteiger partial charge < -0.3 is 9.47 Å². The maximum absolute atomic E-state index is 5.62. The van der Waals surface area contributed by atoms with Crippen molar-refractivity contribution in [3.8, 4) is 11.5 Å². The zero-order valence-corrected chi connectivity index (χ0v) is 16.7. The van der Waals surface area contributed by atoms with Crippen molar-refractivity contribution in [1.29, 1.82) is 0 Å². The molecule has 1 saturated heterocycles. The molecule has 1 atom stereocenters. The topological polar surface area (TPSA) is 37.8 Å². The van der Waals surface area contributed by atoms with E-state index in [2.05, 4.69) is 33.8 Å². The van der Waals surface area contributed by atoms with Gasteiger partial charge in [-0.1, -0.05) is 19.1 Å². The average Bonchev–Trinajstić information content (AvgIpc) is 3.16. The van der Waals surface area contributed by atoms with Crippen molar-refractivity contribution in [2.75, 3.05) is 33.9 Å². The number of likely N-dealkylation sites (tertiary alicyclic amines) is 1. The van der Waals surface area contributed by atoms with Crippen LogP contribution in [0, 0.1) is 0 Å². The molecular formula is C22H31N3O2. The summed E-state index contributed by atoms with van der Waals surface area (Å²) < 4.78 is 11.0. The first-order valence-corrected chi connectivity index (χ1v) is 9.79. The van der Waals surface area contributed by atoms with Crippen LogP contribution < -0.4 is 9.47 Å². The second-order valence-electron chi connectivity index (χ2n) is 7.13. The van der Waals surface area contributed by atoms with Gasteiger partial charge in [0.1, 0.15) is 11.5 Å². The molecule has 0 radical (unpaired) electrons. The Morgan fingerprint density at radius 3 is 2.78 bits per heavy atom. The monoisotopic (exact) mass is 369 g/mol. The molecule has 1 aliphatic heterocycles. The predicted octanol–water partition coefficient (Wildman–Crippen LogP) is 3.59. The van der Waals surface area contributed by atoms with Gasteiger partial charge in [0.25, 0.3) is 0 Å². The fourth-order valence-electron chi connectivity index (χ4n) is 3.97. The maximum atomic E-state index is 5.62. The van der Waals surface area contributed by atoms with E-state index < -0.39 is 0 Å². The van der Waals surface area contributed by atoms with Crippen molar-refractivity contribution < 1.29 is 9.47 Å². The van der Waals surface area contributed by atoms with Crippen molar-refractivity contribution >= 4 is 0 Å². The number of hydrogen-bond acceptors (Lipinski definition) is 5. The van der Waals surface area contributed by atoms with Gasteiger partial charge in [0.15, 0.2) is 0 Å². The molecule has 3 rings (SSSR count). The summed E-state index contributed by atoms with van der Waals surface area (Å²) in [7, 11) is 3.40. The van der Waals surface area contributed by atoms with Crippen molar-refractivity contribution in [3.05, 3.63) is 53.9 Å². The SMILES string of the molecule is CCN1CCCC1CN(Cc1cccnc1)Cc1ccc(OC)cc1OC. The molecule has 2 aromatic rings. The van der Waals surface area contributed by atoms with Gasteiger partial charge >= 0.3 is 0 Å². The number of benzene rings is 1. The fraction of sp³-hybridized carbons (Fsp3) is 0.500. The Morgan fingerprint density at radius 2 is 2.07 bits per heavy atom. The van der Waals surface area contributed by atoms with Crippen LogP contribution in [0.4, 0.5) is 0 Å². The van der Waals surface area contributed by atoms with E-state index in [1.165, 1.54) is 30.5 Å². The summed E-state index contributed by atoms with van der Waals surface area (Å²) in [6.45, 7) is 7.38. The molecule has 1 unspecified atom stereocenters. The number of nitrogens with zero attached hydrogens (tertiary/aromatic N) is 3. The molecule has 146 valence electrons. The molecule has 0 amide bonds. The molecule has 1 aromatic carbocycles. The third-order valence-electron chi connectivity index (χ3n) is 5.39. The number of rotatable bonds is 9. The van der Waals surface area contributed by atoms with E-state index in [1.54, 1.807) is 14.2 Å². The van der Waals surface area contributed by atoms with Crippen LogP contribution in [0.3, 0.4) is 0 Å². The minimum atomic E-state index is 0.621. The van der Waals surface area contributed by atoms with Crippen LogP contribution in [0.15, 0.2) is 42.7 Å². The maximum Gasteiger partial charge on any atom is 0.127 e. The Labute approximate surface area is 162 Å². The van der Waals surface area contributed by atoms with Crippen molar-refractivity contribution in [3.63, 3.8) is 0 Å². The Bertz CT molecular complexity index is 708. The van der Waals surface area contributed by atoms with Gasteiger partial charge in [0, 0.05) is 49.7 Å². The summed E-state index contributed by atoms with van der Waals surface area (Å²) in [6, 6.07) is 10.9. The number of pyridine rings is 1. The minimum absolute atomic E-state index is 0.621. The van der Waals surface area contributed by atoms with E-state index in [-0.39, 0.29) is 0 Å². The molecule has 5 heteroatoms. The van der Waals surface area contributed by atoms with Gasteiger partial charge in [-0.2, -0.15) is 0 Å². The predicted molar refractivity (Wildman–Crippen MR) is 108 cm³/mol. The van der Waals surface area contributed by atoms with Gasteiger partial charge in [-0.15, -0.1) is 0 Å². The van der Waals surface area contributed by atoms with E-state index in [1.807, 2.05) is 30.6 Å². The van der Waals surface area contributed by atoms with Crippen LogP contribution in [-0.2, 0) is 13.1 Å². The van der Waals surface area contributed by atoms with Gasteiger partial charge in [-0.05, 0) is 43.6 Å². The highest BCUT2D eigenvalue weighted by Crippen LogP contribution is 2.27.